The normalized spacial score (nSPS) is 10.0. The second kappa shape index (κ2) is 4.92. The maximum Gasteiger partial charge on any atom is 0.256 e. The van der Waals surface area contributed by atoms with E-state index < -0.39 is 5.82 Å². The lowest BCUT2D eigenvalue weighted by Crippen LogP contribution is -2.27. The van der Waals surface area contributed by atoms with Crippen LogP contribution in [0, 0.1) is 12.7 Å². The summed E-state index contributed by atoms with van der Waals surface area (Å²) >= 11 is 0. The van der Waals surface area contributed by atoms with E-state index in [1.54, 1.807) is 26.1 Å². The van der Waals surface area contributed by atoms with E-state index in [-0.39, 0.29) is 11.5 Å². The first-order valence-electron chi connectivity index (χ1n) is 5.19. The summed E-state index contributed by atoms with van der Waals surface area (Å²) < 4.78 is 13.6. The first kappa shape index (κ1) is 12.4. The lowest BCUT2D eigenvalue weighted by Gasteiger charge is -2.15. The molecule has 1 amide bonds. The fourth-order valence-electron chi connectivity index (χ4n) is 1.42. The number of rotatable bonds is 3. The van der Waals surface area contributed by atoms with Gasteiger partial charge in [0.15, 0.2) is 0 Å². The fourth-order valence-corrected chi connectivity index (χ4v) is 1.42. The van der Waals surface area contributed by atoms with Crippen LogP contribution in [0.1, 0.15) is 28.4 Å². The second-order valence-electron chi connectivity index (χ2n) is 3.71. The fraction of sp³-hybridized carbons (Fsp3) is 0.308. The van der Waals surface area contributed by atoms with Gasteiger partial charge >= 0.3 is 0 Å². The van der Waals surface area contributed by atoms with Crippen molar-refractivity contribution in [2.24, 2.45) is 0 Å². The highest BCUT2D eigenvalue weighted by atomic mass is 19.1. The Bertz CT molecular complexity index is 426. The Morgan fingerprint density at radius 1 is 1.56 bits per heavy atom. The van der Waals surface area contributed by atoms with Crippen LogP contribution in [0.15, 0.2) is 18.7 Å². The molecule has 0 heterocycles. The van der Waals surface area contributed by atoms with Crippen molar-refractivity contribution in [3.05, 3.63) is 41.2 Å². The highest BCUT2D eigenvalue weighted by Crippen LogP contribution is 2.17. The smallest absolute Gasteiger partial charge is 0.256 e. The van der Waals surface area contributed by atoms with Crippen LogP contribution in [0.2, 0.25) is 0 Å². The Morgan fingerprint density at radius 2 is 2.19 bits per heavy atom. The number of hydrogen-bond donors (Lipinski definition) is 0. The summed E-state index contributed by atoms with van der Waals surface area (Å²) in [5, 5.41) is 0. The number of aryl methyl sites for hydroxylation is 1. The van der Waals surface area contributed by atoms with Crippen molar-refractivity contribution in [1.29, 1.82) is 0 Å². The summed E-state index contributed by atoms with van der Waals surface area (Å²) in [6, 6.07) is 2.92. The first-order chi connectivity index (χ1) is 7.51. The van der Waals surface area contributed by atoms with E-state index in [9.17, 15) is 9.18 Å². The van der Waals surface area contributed by atoms with Crippen LogP contribution in [0.4, 0.5) is 4.39 Å². The predicted octanol–water partition coefficient (Wildman–Crippen LogP) is 2.87. The van der Waals surface area contributed by atoms with Gasteiger partial charge in [-0.2, -0.15) is 0 Å². The third-order valence-electron chi connectivity index (χ3n) is 2.63. The van der Waals surface area contributed by atoms with Crippen LogP contribution in [-0.4, -0.2) is 24.4 Å². The number of benzene rings is 1. The molecule has 16 heavy (non-hydrogen) atoms. The van der Waals surface area contributed by atoms with E-state index >= 15 is 0 Å². The molecule has 0 bridgehead atoms. The Hall–Kier alpha value is -1.64. The van der Waals surface area contributed by atoms with Crippen molar-refractivity contribution in [3.8, 4) is 0 Å². The minimum Gasteiger partial charge on any atom is -0.342 e. The van der Waals surface area contributed by atoms with E-state index in [2.05, 4.69) is 6.58 Å². The number of nitrogens with zero attached hydrogens (tertiary/aromatic N) is 1. The molecule has 0 saturated heterocycles. The summed E-state index contributed by atoms with van der Waals surface area (Å²) in [5.74, 6) is -0.781. The number of carbonyl (C=O) groups is 1. The highest BCUT2D eigenvalue weighted by Gasteiger charge is 2.16. The van der Waals surface area contributed by atoms with Crippen molar-refractivity contribution in [3.63, 3.8) is 0 Å². The van der Waals surface area contributed by atoms with Gasteiger partial charge in [-0.25, -0.2) is 4.39 Å². The van der Waals surface area contributed by atoms with E-state index in [1.807, 2.05) is 6.92 Å². The molecule has 0 aliphatic carbocycles. The van der Waals surface area contributed by atoms with Gasteiger partial charge in [0.05, 0.1) is 5.56 Å². The Labute approximate surface area is 95.4 Å². The second-order valence-corrected chi connectivity index (χ2v) is 3.71. The monoisotopic (exact) mass is 221 g/mol. The molecule has 86 valence electrons. The van der Waals surface area contributed by atoms with Gasteiger partial charge in [0, 0.05) is 13.6 Å². The van der Waals surface area contributed by atoms with Crippen molar-refractivity contribution in [2.75, 3.05) is 13.6 Å². The molecule has 0 aliphatic heterocycles. The molecule has 1 aromatic carbocycles. The molecular formula is C13H16FNO. The van der Waals surface area contributed by atoms with Crippen LogP contribution >= 0.6 is 0 Å². The molecule has 0 N–H and O–H groups in total. The van der Waals surface area contributed by atoms with Gasteiger partial charge in [0.1, 0.15) is 5.82 Å². The lowest BCUT2D eigenvalue weighted by molar-refractivity contribution is 0.0798. The summed E-state index contributed by atoms with van der Waals surface area (Å²) in [6.45, 7) is 7.83. The largest absolute Gasteiger partial charge is 0.342 e. The van der Waals surface area contributed by atoms with Crippen molar-refractivity contribution in [2.45, 2.75) is 13.8 Å². The maximum atomic E-state index is 13.6. The van der Waals surface area contributed by atoms with Gasteiger partial charge in [-0.1, -0.05) is 12.7 Å². The summed E-state index contributed by atoms with van der Waals surface area (Å²) in [5.41, 5.74) is 1.67. The summed E-state index contributed by atoms with van der Waals surface area (Å²) in [7, 11) is 1.65. The standard InChI is InChI=1S/C13H16FNO/c1-5-10-8-11(12(14)7-9(10)3)13(16)15(4)6-2/h5,7-8H,1,6H2,2-4H3. The van der Waals surface area contributed by atoms with Crippen molar-refractivity contribution < 1.29 is 9.18 Å². The van der Waals surface area contributed by atoms with Gasteiger partial charge in [-0.05, 0) is 37.1 Å². The Kier molecular flexibility index (Phi) is 3.82. The molecule has 0 radical (unpaired) electrons. The SMILES string of the molecule is C=Cc1cc(C(=O)N(C)CC)c(F)cc1C. The lowest BCUT2D eigenvalue weighted by atomic mass is 10.0. The molecule has 0 fully saturated rings. The van der Waals surface area contributed by atoms with Crippen molar-refractivity contribution >= 4 is 12.0 Å². The van der Waals surface area contributed by atoms with E-state index in [0.29, 0.717) is 6.54 Å². The quantitative estimate of drug-likeness (QED) is 0.768. The van der Waals surface area contributed by atoms with Crippen LogP contribution in [0.5, 0.6) is 0 Å². The molecular weight excluding hydrogens is 205 g/mol. The van der Waals surface area contributed by atoms with Crippen LogP contribution < -0.4 is 0 Å². The van der Waals surface area contributed by atoms with E-state index in [1.165, 1.54) is 11.0 Å². The molecule has 1 aromatic rings. The van der Waals surface area contributed by atoms with Gasteiger partial charge in [-0.15, -0.1) is 0 Å². The molecule has 0 atom stereocenters. The van der Waals surface area contributed by atoms with E-state index in [0.717, 1.165) is 11.1 Å². The molecule has 2 nitrogen and oxygen atoms in total. The average Bonchev–Trinajstić information content (AvgIpc) is 2.27. The highest BCUT2D eigenvalue weighted by molar-refractivity contribution is 5.95. The number of halogens is 1. The van der Waals surface area contributed by atoms with Gasteiger partial charge < -0.3 is 4.90 Å². The number of carbonyl (C=O) groups excluding carboxylic acids is 1. The zero-order valence-corrected chi connectivity index (χ0v) is 9.88. The molecule has 0 aliphatic rings. The Balaban J connectivity index is 3.23. The molecule has 0 saturated carbocycles. The summed E-state index contributed by atoms with van der Waals surface area (Å²) in [4.78, 5) is 13.3. The molecule has 1 rings (SSSR count). The van der Waals surface area contributed by atoms with Crippen molar-refractivity contribution in [1.82, 2.24) is 4.90 Å². The number of hydrogen-bond acceptors (Lipinski definition) is 1. The molecule has 3 heteroatoms. The summed E-state index contributed by atoms with van der Waals surface area (Å²) in [6.07, 6.45) is 1.62. The zero-order chi connectivity index (χ0) is 12.3. The topological polar surface area (TPSA) is 20.3 Å². The van der Waals surface area contributed by atoms with E-state index in [4.69, 9.17) is 0 Å². The molecule has 0 aromatic heterocycles. The Morgan fingerprint density at radius 3 is 2.69 bits per heavy atom. The zero-order valence-electron chi connectivity index (χ0n) is 9.88. The minimum atomic E-state index is -0.478. The van der Waals surface area contributed by atoms with Gasteiger partial charge in [0.2, 0.25) is 0 Å². The van der Waals surface area contributed by atoms with Gasteiger partial charge in [0.25, 0.3) is 5.91 Å². The van der Waals surface area contributed by atoms with Gasteiger partial charge in [-0.3, -0.25) is 4.79 Å². The minimum absolute atomic E-state index is 0.102. The average molecular weight is 221 g/mol. The number of amides is 1. The third kappa shape index (κ3) is 2.30. The predicted molar refractivity (Wildman–Crippen MR) is 63.9 cm³/mol. The maximum absolute atomic E-state index is 13.6. The van der Waals surface area contributed by atoms with Crippen LogP contribution in [0.25, 0.3) is 6.08 Å². The molecule has 0 spiro atoms. The molecule has 0 unspecified atom stereocenters. The first-order valence-corrected chi connectivity index (χ1v) is 5.19. The van der Waals surface area contributed by atoms with Crippen LogP contribution in [-0.2, 0) is 0 Å². The van der Waals surface area contributed by atoms with Crippen LogP contribution in [0.3, 0.4) is 0 Å². The third-order valence-corrected chi connectivity index (χ3v) is 2.63.